The molecule has 69 heavy (non-hydrogen) atoms. The summed E-state index contributed by atoms with van der Waals surface area (Å²) in [5, 5.41) is 99.0. The van der Waals surface area contributed by atoms with Crippen LogP contribution in [-0.4, -0.2) is 163 Å². The van der Waals surface area contributed by atoms with Crippen LogP contribution in [0, 0.1) is 50.2 Å². The molecule has 9 N–H and O–H groups in total. The molecule has 7 aliphatic rings. The van der Waals surface area contributed by atoms with E-state index < -0.39 is 149 Å². The number of fused-ring (bicyclic) bond motifs is 7. The van der Waals surface area contributed by atoms with Gasteiger partial charge in [0.25, 0.3) is 0 Å². The van der Waals surface area contributed by atoms with Gasteiger partial charge in [-0.3, -0.25) is 0 Å². The minimum absolute atomic E-state index is 0.000464. The zero-order valence-electron chi connectivity index (χ0n) is 41.7. The van der Waals surface area contributed by atoms with Crippen LogP contribution in [0.5, 0.6) is 0 Å². The molecular weight excluding hydrogens is 901 g/mol. The van der Waals surface area contributed by atoms with E-state index in [1.54, 1.807) is 39.8 Å². The van der Waals surface area contributed by atoms with Crippen LogP contribution in [0.25, 0.3) is 0 Å². The van der Waals surface area contributed by atoms with Crippen molar-refractivity contribution in [2.75, 3.05) is 19.8 Å². The molecule has 0 bridgehead atoms. The van der Waals surface area contributed by atoms with Crippen molar-refractivity contribution < 1.29 is 88.8 Å². The number of carboxylic acid groups (broad SMARTS) is 1. The Morgan fingerprint density at radius 2 is 1.36 bits per heavy atom. The lowest BCUT2D eigenvalue weighted by atomic mass is 9.33. The number of aliphatic carboxylic acids is 1. The fourth-order valence-corrected chi connectivity index (χ4v) is 14.7. The van der Waals surface area contributed by atoms with Gasteiger partial charge in [-0.05, 0) is 107 Å². The Morgan fingerprint density at radius 3 is 1.91 bits per heavy atom. The predicted octanol–water partition coefficient (Wildman–Crippen LogP) is 2.44. The van der Waals surface area contributed by atoms with Gasteiger partial charge < -0.3 is 74.4 Å². The van der Waals surface area contributed by atoms with E-state index in [-0.39, 0.29) is 24.9 Å². The van der Waals surface area contributed by atoms with Gasteiger partial charge in [0.2, 0.25) is 0 Å². The maximum atomic E-state index is 13.7. The van der Waals surface area contributed by atoms with E-state index in [2.05, 4.69) is 26.8 Å². The lowest BCUT2D eigenvalue weighted by Gasteiger charge is -2.72. The molecule has 2 heterocycles. The zero-order chi connectivity index (χ0) is 51.1. The number of esters is 2. The van der Waals surface area contributed by atoms with Gasteiger partial charge in [0, 0.05) is 22.0 Å². The van der Waals surface area contributed by atoms with Crippen LogP contribution in [0.3, 0.4) is 0 Å². The van der Waals surface area contributed by atoms with Gasteiger partial charge >= 0.3 is 17.9 Å². The second kappa shape index (κ2) is 19.2. The van der Waals surface area contributed by atoms with E-state index >= 15 is 0 Å². The van der Waals surface area contributed by atoms with Gasteiger partial charge in [0.1, 0.15) is 42.7 Å². The van der Waals surface area contributed by atoms with Crippen LogP contribution in [0.2, 0.25) is 0 Å². The van der Waals surface area contributed by atoms with Crippen molar-refractivity contribution in [2.24, 2.45) is 50.2 Å². The monoisotopic (exact) mass is 979 g/mol. The minimum atomic E-state index is -1.99. The van der Waals surface area contributed by atoms with Gasteiger partial charge in [0.05, 0.1) is 37.4 Å². The van der Waals surface area contributed by atoms with Crippen LogP contribution in [0.4, 0.5) is 0 Å². The first-order valence-corrected chi connectivity index (χ1v) is 24.7. The SMILES string of the molecule is CC=C(C)C(=O)OC1C(OC(=O)C(C)=CC)C2(CO)C(O)CC3(C)C(=CCC4C5(C)CCC(OC6OC(C(=O)O)C(O)C(O)C6OC6OC(CO)C(O)C6O)C(C)(CO)C5CCC43C)C2CC1(C)C. The number of aliphatic hydroxyl groups is 8. The molecule has 18 nitrogen and oxygen atoms in total. The molecule has 2 aliphatic heterocycles. The van der Waals surface area contributed by atoms with Gasteiger partial charge in [-0.25, -0.2) is 14.4 Å². The van der Waals surface area contributed by atoms with Gasteiger partial charge in [-0.1, -0.05) is 65.3 Å². The molecule has 6 fully saturated rings. The van der Waals surface area contributed by atoms with Crippen LogP contribution in [0.15, 0.2) is 34.9 Å². The summed E-state index contributed by atoms with van der Waals surface area (Å²) in [7, 11) is 0. The third-order valence-electron chi connectivity index (χ3n) is 19.3. The Labute approximate surface area is 404 Å². The average molecular weight is 979 g/mol. The molecule has 0 spiro atoms. The van der Waals surface area contributed by atoms with Crippen molar-refractivity contribution in [1.29, 1.82) is 0 Å². The molecule has 0 aromatic rings. The second-order valence-electron chi connectivity index (χ2n) is 23.0. The van der Waals surface area contributed by atoms with Crippen LogP contribution in [-0.2, 0) is 42.8 Å². The quantitative estimate of drug-likeness (QED) is 0.0588. The van der Waals surface area contributed by atoms with Crippen molar-refractivity contribution in [3.05, 3.63) is 34.9 Å². The minimum Gasteiger partial charge on any atom is -0.479 e. The molecule has 0 aromatic heterocycles. The number of allylic oxidation sites excluding steroid dienone is 4. The molecular formula is C51H78O18. The molecule has 18 heteroatoms. The number of ether oxygens (including phenoxy) is 6. The summed E-state index contributed by atoms with van der Waals surface area (Å²) in [6.07, 6.45) is -10.5. The van der Waals surface area contributed by atoms with E-state index in [1.807, 2.05) is 20.8 Å². The molecule has 2 saturated heterocycles. The maximum Gasteiger partial charge on any atom is 0.335 e. The Bertz CT molecular complexity index is 2050. The summed E-state index contributed by atoms with van der Waals surface area (Å²) < 4.78 is 36.5. The first-order chi connectivity index (χ1) is 32.2. The highest BCUT2D eigenvalue weighted by Crippen LogP contribution is 2.76. The number of carboxylic acids is 1. The zero-order valence-corrected chi connectivity index (χ0v) is 41.7. The average Bonchev–Trinajstić information content (AvgIpc) is 3.57. The number of hydrogen-bond donors (Lipinski definition) is 9. The van der Waals surface area contributed by atoms with E-state index in [4.69, 9.17) is 28.4 Å². The summed E-state index contributed by atoms with van der Waals surface area (Å²) in [6, 6.07) is 0. The standard InChI is InChI=1S/C51H78O18/c1-11-24(3)42(62)68-39-40(69-43(63)25(4)12-2)51(23-54)27(19-46(39,5)6)26-13-14-30-47(7)17-16-32(48(8,22-53)29(47)15-18-49(30,9)50(26,10)20-31(51)55)65-45-38(35(58)34(57)37(66-45)41(60)61)67-44-36(59)33(56)28(21-52)64-44/h11-13,27-40,44-45,52-59H,14-23H2,1-10H3,(H,60,61). The van der Waals surface area contributed by atoms with Crippen LogP contribution in [0.1, 0.15) is 114 Å². The first kappa shape index (κ1) is 53.9. The van der Waals surface area contributed by atoms with Gasteiger partial charge in [-0.2, -0.15) is 0 Å². The number of carbonyl (C=O) groups is 3. The van der Waals surface area contributed by atoms with Crippen molar-refractivity contribution in [3.8, 4) is 0 Å². The summed E-state index contributed by atoms with van der Waals surface area (Å²) in [5.41, 5.74) is -2.96. The Morgan fingerprint density at radius 1 is 0.739 bits per heavy atom. The van der Waals surface area contributed by atoms with Gasteiger partial charge in [-0.15, -0.1) is 0 Å². The van der Waals surface area contributed by atoms with Crippen molar-refractivity contribution >= 4 is 17.9 Å². The summed E-state index contributed by atoms with van der Waals surface area (Å²) in [5.74, 6) is -3.45. The Kier molecular flexibility index (Phi) is 15.0. The highest BCUT2D eigenvalue weighted by molar-refractivity contribution is 5.89. The Hall–Kier alpha value is -2.85. The van der Waals surface area contributed by atoms with E-state index in [9.17, 15) is 60.3 Å². The van der Waals surface area contributed by atoms with Crippen molar-refractivity contribution in [1.82, 2.24) is 0 Å². The molecule has 5 aliphatic carbocycles. The molecule has 4 saturated carbocycles. The van der Waals surface area contributed by atoms with Gasteiger partial charge in [0.15, 0.2) is 24.8 Å². The molecule has 21 atom stereocenters. The third kappa shape index (κ3) is 8.28. The summed E-state index contributed by atoms with van der Waals surface area (Å²) in [6.45, 7) is 17.7. The summed E-state index contributed by atoms with van der Waals surface area (Å²) >= 11 is 0. The fourth-order valence-electron chi connectivity index (χ4n) is 14.7. The highest BCUT2D eigenvalue weighted by Gasteiger charge is 2.74. The summed E-state index contributed by atoms with van der Waals surface area (Å²) in [4.78, 5) is 39.5. The normalized spacial score (nSPS) is 48.5. The molecule has 0 radical (unpaired) electrons. The second-order valence-corrected chi connectivity index (χ2v) is 23.0. The van der Waals surface area contributed by atoms with E-state index in [0.717, 1.165) is 5.57 Å². The number of rotatable bonds is 12. The highest BCUT2D eigenvalue weighted by atomic mass is 16.8. The number of aliphatic hydroxyl groups excluding tert-OH is 8. The smallest absolute Gasteiger partial charge is 0.335 e. The van der Waals surface area contributed by atoms with Crippen LogP contribution < -0.4 is 0 Å². The first-order valence-electron chi connectivity index (χ1n) is 24.7. The lowest BCUT2D eigenvalue weighted by Crippen LogP contribution is -2.72. The van der Waals surface area contributed by atoms with Crippen LogP contribution >= 0.6 is 0 Å². The molecule has 390 valence electrons. The number of hydrogen-bond acceptors (Lipinski definition) is 17. The maximum absolute atomic E-state index is 13.7. The Balaban J connectivity index is 1.22. The molecule has 0 amide bonds. The predicted molar refractivity (Wildman–Crippen MR) is 244 cm³/mol. The fraction of sp³-hybridized carbons (Fsp3) is 0.824. The molecule has 21 unspecified atom stereocenters. The topological polar surface area (TPSA) is 289 Å². The molecule has 7 rings (SSSR count). The van der Waals surface area contributed by atoms with Crippen molar-refractivity contribution in [3.63, 3.8) is 0 Å². The third-order valence-corrected chi connectivity index (χ3v) is 19.3. The number of carbonyl (C=O) groups excluding carboxylic acids is 2. The lowest BCUT2D eigenvalue weighted by molar-refractivity contribution is -0.353. The van der Waals surface area contributed by atoms with E-state index in [0.29, 0.717) is 49.7 Å². The van der Waals surface area contributed by atoms with Crippen molar-refractivity contribution in [2.45, 2.75) is 194 Å². The van der Waals surface area contributed by atoms with E-state index in [1.165, 1.54) is 0 Å². The largest absolute Gasteiger partial charge is 0.479 e. The molecule has 0 aromatic carbocycles.